The first-order valence-corrected chi connectivity index (χ1v) is 13.8. The molecule has 196 valence electrons. The summed E-state index contributed by atoms with van der Waals surface area (Å²) in [6.45, 7) is 5.17. The summed E-state index contributed by atoms with van der Waals surface area (Å²) in [4.78, 5) is 28.4. The minimum absolute atomic E-state index is 0.120. The van der Waals surface area contributed by atoms with Crippen molar-refractivity contribution in [2.24, 2.45) is 0 Å². The van der Waals surface area contributed by atoms with Gasteiger partial charge in [-0.3, -0.25) is 9.59 Å². The Hall–Kier alpha value is -2.91. The van der Waals surface area contributed by atoms with Gasteiger partial charge in [0.25, 0.3) is 0 Å². The zero-order chi connectivity index (χ0) is 26.5. The molecule has 9 heteroatoms. The van der Waals surface area contributed by atoms with Gasteiger partial charge < -0.3 is 10.2 Å². The second kappa shape index (κ2) is 11.9. The van der Waals surface area contributed by atoms with Gasteiger partial charge in [-0.05, 0) is 56.4 Å². The topological polar surface area (TPSA) is 90.0 Å². The van der Waals surface area contributed by atoms with Crippen LogP contribution in [0.2, 0.25) is 0 Å². The lowest BCUT2D eigenvalue weighted by atomic mass is 10.1. The Morgan fingerprint density at radius 3 is 2.28 bits per heavy atom. The predicted octanol–water partition coefficient (Wildman–Crippen LogP) is 3.39. The average molecular weight is 515 g/mol. The van der Waals surface area contributed by atoms with Crippen molar-refractivity contribution in [3.8, 4) is 0 Å². The summed E-state index contributed by atoms with van der Waals surface area (Å²) in [7, 11) is -1.10. The van der Waals surface area contributed by atoms with Gasteiger partial charge in [0.2, 0.25) is 11.8 Å². The van der Waals surface area contributed by atoms with Gasteiger partial charge >= 0.3 is 10.2 Å². The van der Waals surface area contributed by atoms with Crippen LogP contribution in [0.25, 0.3) is 0 Å². The van der Waals surface area contributed by atoms with Crippen LogP contribution >= 0.6 is 0 Å². The second-order valence-corrected chi connectivity index (χ2v) is 11.8. The average Bonchev–Trinajstić information content (AvgIpc) is 3.35. The fraction of sp³-hybridized carbons (Fsp3) is 0.481. The maximum Gasteiger partial charge on any atom is 0.304 e. The van der Waals surface area contributed by atoms with Crippen LogP contribution in [0, 0.1) is 13.8 Å². The number of carbonyl (C=O) groups excluding carboxylic acids is 2. The summed E-state index contributed by atoms with van der Waals surface area (Å²) < 4.78 is 28.9. The molecule has 1 aliphatic carbocycles. The van der Waals surface area contributed by atoms with Crippen molar-refractivity contribution in [3.63, 3.8) is 0 Å². The van der Waals surface area contributed by atoms with E-state index in [1.54, 1.807) is 13.0 Å². The standard InChI is InChI=1S/C27H38N4O4S/c1-20-15-16-21(2)25(17-20)31(36(34,35)29(4)5)19-26(32)30(18-23-11-7-6-8-12-23)22(3)27(33)28-24-13-9-10-14-24/h6-8,11-12,15-17,22,24H,9-10,13-14,18-19H2,1-5H3,(H,28,33)/t22-/m1/s1. The van der Waals surface area contributed by atoms with E-state index in [0.29, 0.717) is 5.69 Å². The minimum Gasteiger partial charge on any atom is -0.352 e. The van der Waals surface area contributed by atoms with Crippen molar-refractivity contribution in [3.05, 3.63) is 65.2 Å². The lowest BCUT2D eigenvalue weighted by Crippen LogP contribution is -2.53. The van der Waals surface area contributed by atoms with Crippen LogP contribution in [0.5, 0.6) is 0 Å². The predicted molar refractivity (Wildman–Crippen MR) is 143 cm³/mol. The third kappa shape index (κ3) is 6.64. The first-order valence-electron chi connectivity index (χ1n) is 12.4. The van der Waals surface area contributed by atoms with Gasteiger partial charge in [-0.15, -0.1) is 0 Å². The van der Waals surface area contributed by atoms with Gasteiger partial charge in [0.05, 0.1) is 5.69 Å². The normalized spacial score (nSPS) is 15.1. The molecule has 8 nitrogen and oxygen atoms in total. The van der Waals surface area contributed by atoms with Crippen LogP contribution in [0.4, 0.5) is 5.69 Å². The number of rotatable bonds is 10. The molecule has 0 saturated heterocycles. The molecule has 0 heterocycles. The molecular weight excluding hydrogens is 476 g/mol. The molecule has 1 atom stereocenters. The van der Waals surface area contributed by atoms with Crippen molar-refractivity contribution in [2.75, 3.05) is 24.9 Å². The SMILES string of the molecule is Cc1ccc(C)c(N(CC(=O)N(Cc2ccccc2)[C@H](C)C(=O)NC2CCCC2)S(=O)(=O)N(C)C)c1. The zero-order valence-corrected chi connectivity index (χ0v) is 22.7. The van der Waals surface area contributed by atoms with Crippen LogP contribution in [0.3, 0.4) is 0 Å². The van der Waals surface area contributed by atoms with E-state index in [1.807, 2.05) is 56.3 Å². The van der Waals surface area contributed by atoms with E-state index in [4.69, 9.17) is 0 Å². The molecule has 1 saturated carbocycles. The van der Waals surface area contributed by atoms with E-state index < -0.39 is 28.7 Å². The van der Waals surface area contributed by atoms with Crippen LogP contribution in [-0.2, 0) is 26.3 Å². The Morgan fingerprint density at radius 1 is 1.03 bits per heavy atom. The monoisotopic (exact) mass is 514 g/mol. The molecule has 0 unspecified atom stereocenters. The largest absolute Gasteiger partial charge is 0.352 e. The Morgan fingerprint density at radius 2 is 1.67 bits per heavy atom. The third-order valence-electron chi connectivity index (χ3n) is 6.72. The second-order valence-electron chi connectivity index (χ2n) is 9.76. The number of carbonyl (C=O) groups is 2. The van der Waals surface area contributed by atoms with E-state index in [2.05, 4.69) is 5.32 Å². The molecule has 2 aromatic carbocycles. The van der Waals surface area contributed by atoms with Crippen LogP contribution < -0.4 is 9.62 Å². The van der Waals surface area contributed by atoms with Crippen molar-refractivity contribution in [2.45, 2.75) is 65.1 Å². The maximum atomic E-state index is 13.8. The molecule has 0 aliphatic heterocycles. The number of nitrogens with one attached hydrogen (secondary N) is 1. The summed E-state index contributed by atoms with van der Waals surface area (Å²) in [6, 6.07) is 14.3. The smallest absolute Gasteiger partial charge is 0.304 e. The Bertz CT molecular complexity index is 1160. The maximum absolute atomic E-state index is 13.8. The number of amides is 2. The van der Waals surface area contributed by atoms with Crippen molar-refractivity contribution in [1.29, 1.82) is 0 Å². The molecule has 1 fully saturated rings. The molecular formula is C27H38N4O4S. The van der Waals surface area contributed by atoms with E-state index >= 15 is 0 Å². The van der Waals surface area contributed by atoms with Gasteiger partial charge in [0.15, 0.2) is 0 Å². The number of aryl methyl sites for hydroxylation is 2. The molecule has 1 aliphatic rings. The molecule has 2 aromatic rings. The van der Waals surface area contributed by atoms with Gasteiger partial charge in [0.1, 0.15) is 12.6 Å². The Labute approximate surface area is 215 Å². The highest BCUT2D eigenvalue weighted by Gasteiger charge is 2.34. The quantitative estimate of drug-likeness (QED) is 0.526. The molecule has 36 heavy (non-hydrogen) atoms. The van der Waals surface area contributed by atoms with Crippen LogP contribution in [-0.4, -0.2) is 62.2 Å². The van der Waals surface area contributed by atoms with E-state index in [-0.39, 0.29) is 18.5 Å². The summed E-state index contributed by atoms with van der Waals surface area (Å²) in [5, 5.41) is 3.08. The van der Waals surface area contributed by atoms with Crippen molar-refractivity contribution in [1.82, 2.24) is 14.5 Å². The lowest BCUT2D eigenvalue weighted by Gasteiger charge is -2.33. The van der Waals surface area contributed by atoms with Crippen LogP contribution in [0.15, 0.2) is 48.5 Å². The number of nitrogens with zero attached hydrogens (tertiary/aromatic N) is 3. The molecule has 0 radical (unpaired) electrons. The Balaban J connectivity index is 1.94. The molecule has 3 rings (SSSR count). The fourth-order valence-corrected chi connectivity index (χ4v) is 5.56. The number of benzene rings is 2. The minimum atomic E-state index is -3.98. The van der Waals surface area contributed by atoms with Crippen LogP contribution in [0.1, 0.15) is 49.3 Å². The summed E-state index contributed by atoms with van der Waals surface area (Å²) in [6.07, 6.45) is 4.04. The van der Waals surface area contributed by atoms with E-state index in [1.165, 1.54) is 19.0 Å². The number of anilines is 1. The van der Waals surface area contributed by atoms with E-state index in [0.717, 1.165) is 51.0 Å². The van der Waals surface area contributed by atoms with Gasteiger partial charge in [-0.1, -0.05) is 55.3 Å². The lowest BCUT2D eigenvalue weighted by molar-refractivity contribution is -0.139. The van der Waals surface area contributed by atoms with Crippen molar-refractivity contribution >= 4 is 27.7 Å². The summed E-state index contributed by atoms with van der Waals surface area (Å²) >= 11 is 0. The zero-order valence-electron chi connectivity index (χ0n) is 21.9. The Kier molecular flexibility index (Phi) is 9.13. The molecule has 1 N–H and O–H groups in total. The first kappa shape index (κ1) is 27.7. The first-order chi connectivity index (χ1) is 17.0. The molecule has 2 amide bonds. The van der Waals surface area contributed by atoms with Gasteiger partial charge in [-0.25, -0.2) is 4.31 Å². The molecule has 0 aromatic heterocycles. The molecule has 0 bridgehead atoms. The summed E-state index contributed by atoms with van der Waals surface area (Å²) in [5.41, 5.74) is 2.92. The summed E-state index contributed by atoms with van der Waals surface area (Å²) in [5.74, 6) is -0.667. The highest BCUT2D eigenvalue weighted by Crippen LogP contribution is 2.26. The fourth-order valence-electron chi connectivity index (χ4n) is 4.44. The van der Waals surface area contributed by atoms with Gasteiger partial charge in [-0.2, -0.15) is 12.7 Å². The highest BCUT2D eigenvalue weighted by molar-refractivity contribution is 7.90. The molecule has 0 spiro atoms. The number of hydrogen-bond donors (Lipinski definition) is 1. The third-order valence-corrected chi connectivity index (χ3v) is 8.52. The van der Waals surface area contributed by atoms with E-state index in [9.17, 15) is 18.0 Å². The number of hydrogen-bond acceptors (Lipinski definition) is 4. The highest BCUT2D eigenvalue weighted by atomic mass is 32.2. The van der Waals surface area contributed by atoms with Gasteiger partial charge in [0, 0.05) is 26.7 Å². The van der Waals surface area contributed by atoms with Crippen molar-refractivity contribution < 1.29 is 18.0 Å².